The second-order valence-electron chi connectivity index (χ2n) is 6.65. The molecule has 20 heavy (non-hydrogen) atoms. The number of aryl methyl sites for hydroxylation is 2. The first kappa shape index (κ1) is 13.8. The molecule has 1 aliphatic heterocycles. The van der Waals surface area contributed by atoms with Gasteiger partial charge in [-0.25, -0.2) is 0 Å². The first-order valence-corrected chi connectivity index (χ1v) is 7.81. The molecule has 2 nitrogen and oxygen atoms in total. The van der Waals surface area contributed by atoms with E-state index >= 15 is 0 Å². The van der Waals surface area contributed by atoms with E-state index in [1.54, 1.807) is 0 Å². The van der Waals surface area contributed by atoms with Gasteiger partial charge in [0, 0.05) is 18.9 Å². The Morgan fingerprint density at radius 2 is 2.15 bits per heavy atom. The zero-order valence-corrected chi connectivity index (χ0v) is 12.6. The molecule has 108 valence electrons. The number of rotatable bonds is 3. The SMILES string of the molecule is Cc1ccc(C)c(CC(=O)C2CCOC3(CCC3)C2)c1. The van der Waals surface area contributed by atoms with Crippen LogP contribution in [0.5, 0.6) is 0 Å². The summed E-state index contributed by atoms with van der Waals surface area (Å²) in [6.45, 7) is 4.95. The summed E-state index contributed by atoms with van der Waals surface area (Å²) in [4.78, 5) is 12.6. The van der Waals surface area contributed by atoms with E-state index in [0.29, 0.717) is 12.2 Å². The fraction of sp³-hybridized carbons (Fsp3) is 0.611. The third kappa shape index (κ3) is 2.67. The number of hydrogen-bond acceptors (Lipinski definition) is 2. The zero-order valence-electron chi connectivity index (χ0n) is 12.6. The van der Waals surface area contributed by atoms with Crippen LogP contribution in [0.25, 0.3) is 0 Å². The van der Waals surface area contributed by atoms with E-state index in [4.69, 9.17) is 4.74 Å². The Kier molecular flexibility index (Phi) is 3.68. The van der Waals surface area contributed by atoms with Crippen LogP contribution in [0.1, 0.15) is 48.8 Å². The van der Waals surface area contributed by atoms with E-state index in [1.807, 2.05) is 0 Å². The van der Waals surface area contributed by atoms with E-state index in [-0.39, 0.29) is 11.5 Å². The lowest BCUT2D eigenvalue weighted by molar-refractivity contribution is -0.155. The zero-order chi connectivity index (χ0) is 14.2. The Morgan fingerprint density at radius 1 is 1.35 bits per heavy atom. The highest BCUT2D eigenvalue weighted by molar-refractivity contribution is 5.83. The van der Waals surface area contributed by atoms with Crippen LogP contribution in [0.15, 0.2) is 18.2 Å². The number of ether oxygens (including phenoxy) is 1. The molecular weight excluding hydrogens is 248 g/mol. The molecule has 0 amide bonds. The summed E-state index contributed by atoms with van der Waals surface area (Å²) in [5, 5.41) is 0. The van der Waals surface area contributed by atoms with Crippen molar-refractivity contribution in [3.05, 3.63) is 34.9 Å². The van der Waals surface area contributed by atoms with Gasteiger partial charge in [0.2, 0.25) is 0 Å². The maximum atomic E-state index is 12.6. The van der Waals surface area contributed by atoms with Gasteiger partial charge in [0.25, 0.3) is 0 Å². The fourth-order valence-corrected chi connectivity index (χ4v) is 3.54. The lowest BCUT2D eigenvalue weighted by Crippen LogP contribution is -2.47. The van der Waals surface area contributed by atoms with E-state index in [1.165, 1.54) is 23.1 Å². The minimum Gasteiger partial charge on any atom is -0.375 e. The molecule has 2 fully saturated rings. The topological polar surface area (TPSA) is 26.3 Å². The highest BCUT2D eigenvalue weighted by Gasteiger charge is 2.44. The van der Waals surface area contributed by atoms with E-state index < -0.39 is 0 Å². The van der Waals surface area contributed by atoms with Gasteiger partial charge in [-0.2, -0.15) is 0 Å². The molecule has 1 unspecified atom stereocenters. The van der Waals surface area contributed by atoms with E-state index in [0.717, 1.165) is 32.3 Å². The van der Waals surface area contributed by atoms with Crippen molar-refractivity contribution in [2.45, 2.75) is 58.0 Å². The molecule has 0 bridgehead atoms. The van der Waals surface area contributed by atoms with Gasteiger partial charge >= 0.3 is 0 Å². The van der Waals surface area contributed by atoms with E-state index in [2.05, 4.69) is 32.0 Å². The molecular formula is C18H24O2. The Bertz CT molecular complexity index is 514. The molecule has 1 aromatic carbocycles. The first-order valence-electron chi connectivity index (χ1n) is 7.81. The molecule has 0 aromatic heterocycles. The van der Waals surface area contributed by atoms with Crippen LogP contribution in [0.3, 0.4) is 0 Å². The number of hydrogen-bond donors (Lipinski definition) is 0. The third-order valence-electron chi connectivity index (χ3n) is 5.08. The molecule has 3 rings (SSSR count). The van der Waals surface area contributed by atoms with Gasteiger partial charge < -0.3 is 4.74 Å². The van der Waals surface area contributed by atoms with Crippen LogP contribution in [0.2, 0.25) is 0 Å². The Labute approximate surface area is 121 Å². The van der Waals surface area contributed by atoms with Gasteiger partial charge in [-0.3, -0.25) is 4.79 Å². The summed E-state index contributed by atoms with van der Waals surface area (Å²) in [5.41, 5.74) is 3.74. The van der Waals surface area contributed by atoms with Crippen molar-refractivity contribution in [3.63, 3.8) is 0 Å². The minimum absolute atomic E-state index is 0.0697. The summed E-state index contributed by atoms with van der Waals surface area (Å²) < 4.78 is 5.92. The van der Waals surface area contributed by atoms with Crippen molar-refractivity contribution in [1.29, 1.82) is 0 Å². The Hall–Kier alpha value is -1.15. The average molecular weight is 272 g/mol. The molecule has 1 saturated heterocycles. The van der Waals surface area contributed by atoms with Gasteiger partial charge in [0.1, 0.15) is 5.78 Å². The second-order valence-corrected chi connectivity index (χ2v) is 6.65. The first-order chi connectivity index (χ1) is 9.58. The highest BCUT2D eigenvalue weighted by Crippen LogP contribution is 2.44. The van der Waals surface area contributed by atoms with Crippen LogP contribution >= 0.6 is 0 Å². The predicted molar refractivity (Wildman–Crippen MR) is 79.9 cm³/mol. The molecule has 1 saturated carbocycles. The average Bonchev–Trinajstić information content (AvgIpc) is 2.41. The minimum atomic E-state index is 0.0697. The van der Waals surface area contributed by atoms with Crippen molar-refractivity contribution >= 4 is 5.78 Å². The Balaban J connectivity index is 1.68. The normalized spacial score (nSPS) is 24.4. The van der Waals surface area contributed by atoms with Crippen molar-refractivity contribution in [1.82, 2.24) is 0 Å². The standard InChI is InChI=1S/C18H24O2/c1-13-4-5-14(2)16(10-13)11-17(19)15-6-9-20-18(12-15)7-3-8-18/h4-5,10,15H,3,6-9,11-12H2,1-2H3. The molecule has 1 atom stereocenters. The van der Waals surface area contributed by atoms with Gasteiger partial charge in [0.15, 0.2) is 0 Å². The molecule has 2 aliphatic rings. The third-order valence-corrected chi connectivity index (χ3v) is 5.08. The van der Waals surface area contributed by atoms with Crippen LogP contribution in [-0.2, 0) is 16.0 Å². The van der Waals surface area contributed by atoms with Crippen molar-refractivity contribution in [3.8, 4) is 0 Å². The quantitative estimate of drug-likeness (QED) is 0.837. The molecule has 0 N–H and O–H groups in total. The predicted octanol–water partition coefficient (Wildman–Crippen LogP) is 3.76. The lowest BCUT2D eigenvalue weighted by atomic mass is 9.70. The molecule has 2 heteroatoms. The summed E-state index contributed by atoms with van der Waals surface area (Å²) in [6, 6.07) is 6.39. The monoisotopic (exact) mass is 272 g/mol. The summed E-state index contributed by atoms with van der Waals surface area (Å²) in [7, 11) is 0. The van der Waals surface area contributed by atoms with Crippen molar-refractivity contribution in [2.75, 3.05) is 6.61 Å². The summed E-state index contributed by atoms with van der Waals surface area (Å²) in [5.74, 6) is 0.622. The van der Waals surface area contributed by atoms with Crippen LogP contribution < -0.4 is 0 Å². The molecule has 0 radical (unpaired) electrons. The number of Topliss-reactive ketones (excluding diaryl/α,β-unsaturated/α-hetero) is 1. The molecule has 1 heterocycles. The molecule has 1 spiro atoms. The number of carbonyl (C=O) groups excluding carboxylic acids is 1. The van der Waals surface area contributed by atoms with Gasteiger partial charge in [-0.15, -0.1) is 0 Å². The van der Waals surface area contributed by atoms with Crippen LogP contribution in [-0.4, -0.2) is 18.0 Å². The van der Waals surface area contributed by atoms with E-state index in [9.17, 15) is 4.79 Å². The van der Waals surface area contributed by atoms with Crippen LogP contribution in [0, 0.1) is 19.8 Å². The number of ketones is 1. The van der Waals surface area contributed by atoms with Gasteiger partial charge in [0.05, 0.1) is 5.60 Å². The van der Waals surface area contributed by atoms with Crippen LogP contribution in [0.4, 0.5) is 0 Å². The summed E-state index contributed by atoms with van der Waals surface area (Å²) >= 11 is 0. The maximum Gasteiger partial charge on any atom is 0.140 e. The van der Waals surface area contributed by atoms with Crippen molar-refractivity contribution in [2.24, 2.45) is 5.92 Å². The summed E-state index contributed by atoms with van der Waals surface area (Å²) in [6.07, 6.45) is 6.02. The second kappa shape index (κ2) is 5.33. The smallest absolute Gasteiger partial charge is 0.140 e. The number of carbonyl (C=O) groups is 1. The highest BCUT2D eigenvalue weighted by atomic mass is 16.5. The molecule has 1 aliphatic carbocycles. The largest absolute Gasteiger partial charge is 0.375 e. The maximum absolute atomic E-state index is 12.6. The lowest BCUT2D eigenvalue weighted by Gasteiger charge is -2.46. The van der Waals surface area contributed by atoms with Gasteiger partial charge in [-0.05, 0) is 57.1 Å². The fourth-order valence-electron chi connectivity index (χ4n) is 3.54. The number of benzene rings is 1. The van der Waals surface area contributed by atoms with Gasteiger partial charge in [-0.1, -0.05) is 23.8 Å². The molecule has 1 aromatic rings. The Morgan fingerprint density at radius 3 is 2.85 bits per heavy atom. The van der Waals surface area contributed by atoms with Crippen molar-refractivity contribution < 1.29 is 9.53 Å².